The van der Waals surface area contributed by atoms with E-state index in [1.165, 1.54) is 18.4 Å². The van der Waals surface area contributed by atoms with Gasteiger partial charge in [-0.25, -0.2) is 0 Å². The van der Waals surface area contributed by atoms with Gasteiger partial charge in [0.1, 0.15) is 23.4 Å². The van der Waals surface area contributed by atoms with Crippen molar-refractivity contribution in [3.05, 3.63) is 53.0 Å². The van der Waals surface area contributed by atoms with Crippen molar-refractivity contribution in [2.24, 2.45) is 0 Å². The van der Waals surface area contributed by atoms with Crippen LogP contribution in [0, 0.1) is 6.92 Å². The molecule has 7 heteroatoms. The molecule has 27 heavy (non-hydrogen) atoms. The van der Waals surface area contributed by atoms with Gasteiger partial charge in [0.15, 0.2) is 0 Å². The van der Waals surface area contributed by atoms with E-state index in [1.54, 1.807) is 13.0 Å². The third-order valence-corrected chi connectivity index (χ3v) is 4.15. The molecule has 0 saturated heterocycles. The van der Waals surface area contributed by atoms with E-state index in [9.17, 15) is 9.59 Å². The lowest BCUT2D eigenvalue weighted by Crippen LogP contribution is -2.40. The van der Waals surface area contributed by atoms with Crippen LogP contribution in [0.5, 0.6) is 11.5 Å². The summed E-state index contributed by atoms with van der Waals surface area (Å²) in [5, 5.41) is 0. The lowest BCUT2D eigenvalue weighted by atomic mass is 10.1. The maximum absolute atomic E-state index is 12.0. The number of carbonyl (C=O) groups excluding carboxylic acids is 2. The minimum Gasteiger partial charge on any atom is -0.493 e. The molecule has 1 aliphatic heterocycles. The number of nitrogens with one attached hydrogen (secondary N) is 2. The molecule has 2 N–H and O–H groups in total. The Morgan fingerprint density at radius 1 is 1.33 bits per heavy atom. The molecule has 0 spiro atoms. The molecule has 3 rings (SSSR count). The summed E-state index contributed by atoms with van der Waals surface area (Å²) < 4.78 is 16.5. The summed E-state index contributed by atoms with van der Waals surface area (Å²) in [4.78, 5) is 24.0. The first-order valence-corrected chi connectivity index (χ1v) is 8.76. The number of hydrogen-bond donors (Lipinski definition) is 2. The zero-order valence-corrected chi connectivity index (χ0v) is 15.5. The predicted octanol–water partition coefficient (Wildman–Crippen LogP) is 2.78. The Balaban J connectivity index is 1.66. The van der Waals surface area contributed by atoms with Crippen molar-refractivity contribution in [2.45, 2.75) is 33.3 Å². The summed E-state index contributed by atoms with van der Waals surface area (Å²) in [7, 11) is 0. The van der Waals surface area contributed by atoms with Crippen molar-refractivity contribution < 1.29 is 23.5 Å². The van der Waals surface area contributed by atoms with Crippen molar-refractivity contribution >= 4 is 17.9 Å². The number of rotatable bonds is 5. The average molecular weight is 370 g/mol. The van der Waals surface area contributed by atoms with E-state index in [0.29, 0.717) is 23.7 Å². The number of hydrogen-bond acceptors (Lipinski definition) is 5. The van der Waals surface area contributed by atoms with Gasteiger partial charge < -0.3 is 13.9 Å². The van der Waals surface area contributed by atoms with Gasteiger partial charge in [-0.1, -0.05) is 0 Å². The molecule has 2 heterocycles. The van der Waals surface area contributed by atoms with Crippen LogP contribution in [0.3, 0.4) is 0 Å². The van der Waals surface area contributed by atoms with Gasteiger partial charge in [0.2, 0.25) is 0 Å². The topological polar surface area (TPSA) is 89.8 Å². The molecule has 1 aromatic heterocycles. The molecule has 7 nitrogen and oxygen atoms in total. The fourth-order valence-electron chi connectivity index (χ4n) is 2.88. The predicted molar refractivity (Wildman–Crippen MR) is 99.5 cm³/mol. The van der Waals surface area contributed by atoms with Gasteiger partial charge in [0.25, 0.3) is 11.8 Å². The minimum absolute atomic E-state index is 0.124. The Bertz CT molecular complexity index is 884. The summed E-state index contributed by atoms with van der Waals surface area (Å²) in [6.45, 7) is 6.10. The van der Waals surface area contributed by atoms with E-state index in [0.717, 1.165) is 23.3 Å². The van der Waals surface area contributed by atoms with Gasteiger partial charge in [-0.05, 0) is 45.0 Å². The standard InChI is InChI=1S/C20H22N2O5/c1-4-25-17-11-15-9-12(2)27-18(15)10-14(17)5-6-19(23)21-22-20(24)16-7-8-26-13(16)3/h5-8,10-12H,4,9H2,1-3H3,(H,21,23)(H,22,24)/b6-5+/t12-/m1/s1. The average Bonchev–Trinajstić information content (AvgIpc) is 3.22. The fourth-order valence-corrected chi connectivity index (χ4v) is 2.88. The highest BCUT2D eigenvalue weighted by Crippen LogP contribution is 2.35. The smallest absolute Gasteiger partial charge is 0.273 e. The summed E-state index contributed by atoms with van der Waals surface area (Å²) in [6, 6.07) is 5.34. The van der Waals surface area contributed by atoms with Crippen LogP contribution in [-0.4, -0.2) is 24.5 Å². The molecular weight excluding hydrogens is 348 g/mol. The van der Waals surface area contributed by atoms with E-state index >= 15 is 0 Å². The van der Waals surface area contributed by atoms with Gasteiger partial charge in [0.05, 0.1) is 18.4 Å². The third-order valence-electron chi connectivity index (χ3n) is 4.15. The summed E-state index contributed by atoms with van der Waals surface area (Å²) in [5.41, 5.74) is 6.87. The SMILES string of the molecule is CCOc1cc2c(cc1/C=C/C(=O)NNC(=O)c1ccoc1C)O[C@H](C)C2. The van der Waals surface area contributed by atoms with Crippen LogP contribution < -0.4 is 20.3 Å². The van der Waals surface area contributed by atoms with E-state index in [-0.39, 0.29) is 6.10 Å². The van der Waals surface area contributed by atoms with E-state index in [4.69, 9.17) is 13.9 Å². The second-order valence-electron chi connectivity index (χ2n) is 6.23. The second kappa shape index (κ2) is 7.99. The molecule has 1 aliphatic rings. The summed E-state index contributed by atoms with van der Waals surface area (Å²) in [5.74, 6) is 1.05. The number of ether oxygens (including phenoxy) is 2. The molecule has 2 aromatic rings. The van der Waals surface area contributed by atoms with Gasteiger partial charge in [0, 0.05) is 23.6 Å². The maximum Gasteiger partial charge on any atom is 0.273 e. The molecule has 0 fully saturated rings. The van der Waals surface area contributed by atoms with Crippen molar-refractivity contribution in [1.82, 2.24) is 10.9 Å². The Morgan fingerprint density at radius 2 is 2.15 bits per heavy atom. The number of hydrazine groups is 1. The Labute approximate surface area is 157 Å². The number of furan rings is 1. The third kappa shape index (κ3) is 4.31. The number of aryl methyl sites for hydroxylation is 1. The highest BCUT2D eigenvalue weighted by Gasteiger charge is 2.21. The maximum atomic E-state index is 12.0. The van der Waals surface area contributed by atoms with Gasteiger partial charge in [-0.3, -0.25) is 20.4 Å². The number of carbonyl (C=O) groups is 2. The molecule has 1 atom stereocenters. The van der Waals surface area contributed by atoms with Crippen LogP contribution in [0.1, 0.15) is 41.1 Å². The van der Waals surface area contributed by atoms with Crippen LogP contribution in [0.15, 0.2) is 35.0 Å². The molecule has 0 aliphatic carbocycles. The van der Waals surface area contributed by atoms with Gasteiger partial charge in [-0.2, -0.15) is 0 Å². The van der Waals surface area contributed by atoms with Crippen LogP contribution in [0.2, 0.25) is 0 Å². The zero-order chi connectivity index (χ0) is 19.4. The van der Waals surface area contributed by atoms with Crippen molar-refractivity contribution in [2.75, 3.05) is 6.61 Å². The molecule has 0 bridgehead atoms. The molecule has 0 unspecified atom stereocenters. The summed E-state index contributed by atoms with van der Waals surface area (Å²) in [6.07, 6.45) is 5.32. The molecule has 0 radical (unpaired) electrons. The van der Waals surface area contributed by atoms with Crippen LogP contribution in [-0.2, 0) is 11.2 Å². The number of fused-ring (bicyclic) bond motifs is 1. The number of amides is 2. The monoisotopic (exact) mass is 370 g/mol. The molecular formula is C20H22N2O5. The van der Waals surface area contributed by atoms with Crippen LogP contribution >= 0.6 is 0 Å². The molecule has 2 amide bonds. The van der Waals surface area contributed by atoms with E-state index < -0.39 is 11.8 Å². The lowest BCUT2D eigenvalue weighted by molar-refractivity contribution is -0.117. The zero-order valence-electron chi connectivity index (χ0n) is 15.5. The first-order valence-electron chi connectivity index (χ1n) is 8.76. The van der Waals surface area contributed by atoms with Crippen molar-refractivity contribution in [1.29, 1.82) is 0 Å². The van der Waals surface area contributed by atoms with Gasteiger partial charge in [-0.15, -0.1) is 0 Å². The minimum atomic E-state index is -0.471. The summed E-state index contributed by atoms with van der Waals surface area (Å²) >= 11 is 0. The first-order chi connectivity index (χ1) is 13.0. The second-order valence-corrected chi connectivity index (χ2v) is 6.23. The molecule has 1 aromatic carbocycles. The largest absolute Gasteiger partial charge is 0.493 e. The Kier molecular flexibility index (Phi) is 5.49. The van der Waals surface area contributed by atoms with Crippen molar-refractivity contribution in [3.63, 3.8) is 0 Å². The quantitative estimate of drug-likeness (QED) is 0.624. The fraction of sp³-hybridized carbons (Fsp3) is 0.300. The molecule has 142 valence electrons. The van der Waals surface area contributed by atoms with Crippen molar-refractivity contribution in [3.8, 4) is 11.5 Å². The first kappa shape index (κ1) is 18.6. The van der Waals surface area contributed by atoms with Crippen LogP contribution in [0.25, 0.3) is 6.08 Å². The van der Waals surface area contributed by atoms with E-state index in [2.05, 4.69) is 10.9 Å². The highest BCUT2D eigenvalue weighted by atomic mass is 16.5. The van der Waals surface area contributed by atoms with Crippen LogP contribution in [0.4, 0.5) is 0 Å². The van der Waals surface area contributed by atoms with Gasteiger partial charge >= 0.3 is 0 Å². The number of benzene rings is 1. The molecule has 0 saturated carbocycles. The normalized spacial score (nSPS) is 15.3. The van der Waals surface area contributed by atoms with E-state index in [1.807, 2.05) is 26.0 Å². The Hall–Kier alpha value is -3.22. The Morgan fingerprint density at radius 3 is 2.85 bits per heavy atom. The highest BCUT2D eigenvalue weighted by molar-refractivity contribution is 5.98. The lowest BCUT2D eigenvalue weighted by Gasteiger charge is -2.10.